The average molecular weight is 251 g/mol. The SMILES string of the molecule is CS(=O)(=O)N=Cc1ccc(C(F)(F)F)cc1. The standard InChI is InChI=1S/C9H8F3NO2S/c1-16(14,15)13-6-7-2-4-8(5-3-7)9(10,11)12/h2-6H,1H3. The van der Waals surface area contributed by atoms with Crippen molar-refractivity contribution in [1.82, 2.24) is 0 Å². The molecule has 3 nitrogen and oxygen atoms in total. The molecule has 0 saturated carbocycles. The van der Waals surface area contributed by atoms with E-state index >= 15 is 0 Å². The molecule has 1 aromatic rings. The van der Waals surface area contributed by atoms with Crippen molar-refractivity contribution < 1.29 is 21.6 Å². The number of benzene rings is 1. The Balaban J connectivity index is 2.93. The third-order valence-corrected chi connectivity index (χ3v) is 2.12. The predicted octanol–water partition coefficient (Wildman–Crippen LogP) is 2.08. The van der Waals surface area contributed by atoms with Crippen LogP contribution in [0.2, 0.25) is 0 Å². The summed E-state index contributed by atoms with van der Waals surface area (Å²) in [6.45, 7) is 0. The molecule has 0 atom stereocenters. The number of alkyl halides is 3. The van der Waals surface area contributed by atoms with Crippen molar-refractivity contribution in [3.8, 4) is 0 Å². The molecule has 7 heteroatoms. The molecule has 0 aliphatic heterocycles. The third-order valence-electron chi connectivity index (χ3n) is 1.63. The van der Waals surface area contributed by atoms with Crippen LogP contribution in [-0.4, -0.2) is 20.9 Å². The van der Waals surface area contributed by atoms with Gasteiger partial charge in [0.05, 0.1) is 11.8 Å². The molecule has 0 aliphatic carbocycles. The van der Waals surface area contributed by atoms with Crippen molar-refractivity contribution in [2.75, 3.05) is 6.26 Å². The average Bonchev–Trinajstić information content (AvgIpc) is 2.13. The van der Waals surface area contributed by atoms with Crippen LogP contribution in [0.5, 0.6) is 0 Å². The summed E-state index contributed by atoms with van der Waals surface area (Å²) in [6.07, 6.45) is -2.50. The van der Waals surface area contributed by atoms with Gasteiger partial charge in [0.15, 0.2) is 0 Å². The van der Waals surface area contributed by atoms with Crippen molar-refractivity contribution in [3.05, 3.63) is 35.4 Å². The number of halogens is 3. The number of sulfonamides is 1. The minimum Gasteiger partial charge on any atom is -0.205 e. The summed E-state index contributed by atoms with van der Waals surface area (Å²) in [5.74, 6) is 0. The van der Waals surface area contributed by atoms with E-state index in [1.807, 2.05) is 0 Å². The Morgan fingerprint density at radius 3 is 2.06 bits per heavy atom. The smallest absolute Gasteiger partial charge is 0.205 e. The molecule has 0 radical (unpaired) electrons. The zero-order valence-corrected chi connectivity index (χ0v) is 9.01. The third kappa shape index (κ3) is 4.01. The van der Waals surface area contributed by atoms with E-state index < -0.39 is 21.8 Å². The van der Waals surface area contributed by atoms with Gasteiger partial charge in [-0.3, -0.25) is 0 Å². The van der Waals surface area contributed by atoms with Crippen molar-refractivity contribution in [2.24, 2.45) is 4.40 Å². The first-order valence-corrected chi connectivity index (χ1v) is 5.96. The maximum Gasteiger partial charge on any atom is 0.416 e. The molecule has 0 fully saturated rings. The van der Waals surface area contributed by atoms with Gasteiger partial charge in [-0.15, -0.1) is 0 Å². The van der Waals surface area contributed by atoms with Crippen LogP contribution in [-0.2, 0) is 16.2 Å². The summed E-state index contributed by atoms with van der Waals surface area (Å²) in [6, 6.07) is 4.03. The van der Waals surface area contributed by atoms with E-state index in [1.54, 1.807) is 0 Å². The molecule has 0 aromatic heterocycles. The van der Waals surface area contributed by atoms with E-state index in [-0.39, 0.29) is 0 Å². The number of nitrogens with zero attached hydrogens (tertiary/aromatic N) is 1. The zero-order chi connectivity index (χ0) is 12.4. The van der Waals surface area contributed by atoms with Gasteiger partial charge in [-0.05, 0) is 17.7 Å². The van der Waals surface area contributed by atoms with Crippen LogP contribution in [0.4, 0.5) is 13.2 Å². The fourth-order valence-electron chi connectivity index (χ4n) is 0.915. The molecular formula is C9H8F3NO2S. The van der Waals surface area contributed by atoms with Crippen LogP contribution < -0.4 is 0 Å². The lowest BCUT2D eigenvalue weighted by molar-refractivity contribution is -0.137. The summed E-state index contributed by atoms with van der Waals surface area (Å²) in [5.41, 5.74) is -0.498. The highest BCUT2D eigenvalue weighted by Gasteiger charge is 2.29. The van der Waals surface area contributed by atoms with Crippen molar-refractivity contribution >= 4 is 16.2 Å². The fourth-order valence-corrected chi connectivity index (χ4v) is 1.23. The molecule has 0 bridgehead atoms. The van der Waals surface area contributed by atoms with E-state index in [1.165, 1.54) is 0 Å². The first-order valence-electron chi connectivity index (χ1n) is 4.11. The van der Waals surface area contributed by atoms with Crippen LogP contribution in [0.3, 0.4) is 0 Å². The summed E-state index contributed by atoms with van der Waals surface area (Å²) in [5, 5.41) is 0. The minimum atomic E-state index is -4.40. The topological polar surface area (TPSA) is 46.5 Å². The van der Waals surface area contributed by atoms with E-state index in [0.717, 1.165) is 36.7 Å². The predicted molar refractivity (Wildman–Crippen MR) is 53.9 cm³/mol. The van der Waals surface area contributed by atoms with Gasteiger partial charge in [-0.25, -0.2) is 8.42 Å². The number of hydrogen-bond acceptors (Lipinski definition) is 2. The van der Waals surface area contributed by atoms with Crippen LogP contribution >= 0.6 is 0 Å². The summed E-state index contributed by atoms with van der Waals surface area (Å²) in [4.78, 5) is 0. The van der Waals surface area contributed by atoms with E-state index in [9.17, 15) is 21.6 Å². The van der Waals surface area contributed by atoms with E-state index in [4.69, 9.17) is 0 Å². The van der Waals surface area contributed by atoms with Gasteiger partial charge in [0.25, 0.3) is 0 Å². The van der Waals surface area contributed by atoms with Crippen LogP contribution in [0, 0.1) is 0 Å². The second-order valence-corrected chi connectivity index (χ2v) is 4.76. The van der Waals surface area contributed by atoms with Crippen LogP contribution in [0.15, 0.2) is 28.7 Å². The first-order chi connectivity index (χ1) is 7.18. The van der Waals surface area contributed by atoms with Crippen molar-refractivity contribution in [2.45, 2.75) is 6.18 Å². The van der Waals surface area contributed by atoms with Gasteiger partial charge in [0.1, 0.15) is 0 Å². The van der Waals surface area contributed by atoms with E-state index in [2.05, 4.69) is 4.40 Å². The lowest BCUT2D eigenvalue weighted by atomic mass is 10.1. The van der Waals surface area contributed by atoms with Crippen LogP contribution in [0.25, 0.3) is 0 Å². The molecule has 0 saturated heterocycles. The Morgan fingerprint density at radius 2 is 1.69 bits per heavy atom. The second-order valence-electron chi connectivity index (χ2n) is 3.09. The molecule has 88 valence electrons. The summed E-state index contributed by atoms with van der Waals surface area (Å²) >= 11 is 0. The Bertz CT molecular complexity index is 488. The molecule has 0 spiro atoms. The first kappa shape index (κ1) is 12.7. The van der Waals surface area contributed by atoms with Gasteiger partial charge >= 0.3 is 6.18 Å². The van der Waals surface area contributed by atoms with Gasteiger partial charge < -0.3 is 0 Å². The molecular weight excluding hydrogens is 243 g/mol. The molecule has 0 unspecified atom stereocenters. The minimum absolute atomic E-state index is 0.290. The quantitative estimate of drug-likeness (QED) is 0.755. The van der Waals surface area contributed by atoms with Crippen LogP contribution in [0.1, 0.15) is 11.1 Å². The highest BCUT2D eigenvalue weighted by molar-refractivity contribution is 7.89. The van der Waals surface area contributed by atoms with Crippen molar-refractivity contribution in [3.63, 3.8) is 0 Å². The molecule has 1 aromatic carbocycles. The highest BCUT2D eigenvalue weighted by Crippen LogP contribution is 2.28. The maximum absolute atomic E-state index is 12.2. The van der Waals surface area contributed by atoms with Gasteiger partial charge in [0.2, 0.25) is 10.0 Å². The highest BCUT2D eigenvalue weighted by atomic mass is 32.2. The number of hydrogen-bond donors (Lipinski definition) is 0. The zero-order valence-electron chi connectivity index (χ0n) is 8.19. The fraction of sp³-hybridized carbons (Fsp3) is 0.222. The Labute approximate surface area is 90.7 Å². The second kappa shape index (κ2) is 4.25. The lowest BCUT2D eigenvalue weighted by Crippen LogP contribution is -2.04. The van der Waals surface area contributed by atoms with Crippen molar-refractivity contribution in [1.29, 1.82) is 0 Å². The largest absolute Gasteiger partial charge is 0.416 e. The molecule has 0 aliphatic rings. The molecule has 0 amide bonds. The van der Waals surface area contributed by atoms with Gasteiger partial charge in [-0.1, -0.05) is 12.1 Å². The normalized spacial score (nSPS) is 13.2. The van der Waals surface area contributed by atoms with Gasteiger partial charge in [-0.2, -0.15) is 17.6 Å². The summed E-state index contributed by atoms with van der Waals surface area (Å²) < 4.78 is 61.0. The number of rotatable bonds is 2. The maximum atomic E-state index is 12.2. The van der Waals surface area contributed by atoms with E-state index in [0.29, 0.717) is 5.56 Å². The Kier molecular flexibility index (Phi) is 3.37. The Morgan fingerprint density at radius 1 is 1.19 bits per heavy atom. The molecule has 1 rings (SSSR count). The van der Waals surface area contributed by atoms with Gasteiger partial charge in [0, 0.05) is 6.21 Å². The molecule has 16 heavy (non-hydrogen) atoms. The Hall–Kier alpha value is -1.37. The molecule has 0 heterocycles. The lowest BCUT2D eigenvalue weighted by Gasteiger charge is -2.05. The molecule has 0 N–H and O–H groups in total. The summed E-state index contributed by atoms with van der Waals surface area (Å²) in [7, 11) is -3.51. The monoisotopic (exact) mass is 251 g/mol.